The zero-order chi connectivity index (χ0) is 21.8. The van der Waals surface area contributed by atoms with Crippen LogP contribution in [0.2, 0.25) is 0 Å². The van der Waals surface area contributed by atoms with Crippen LogP contribution < -0.4 is 4.72 Å². The number of hydrogen-bond donors (Lipinski definition) is 1. The van der Waals surface area contributed by atoms with Crippen molar-refractivity contribution >= 4 is 27.7 Å². The molecule has 1 aliphatic rings. The van der Waals surface area contributed by atoms with Gasteiger partial charge in [-0.3, -0.25) is 14.5 Å². The number of carbonyl (C=O) groups excluding carboxylic acids is 2. The first-order valence-corrected chi connectivity index (χ1v) is 11.3. The fourth-order valence-corrected chi connectivity index (χ4v) is 4.36. The summed E-state index contributed by atoms with van der Waals surface area (Å²) in [5.41, 5.74) is 0.406. The van der Waals surface area contributed by atoms with E-state index < -0.39 is 22.0 Å². The van der Waals surface area contributed by atoms with Gasteiger partial charge in [0.25, 0.3) is 15.9 Å². The van der Waals surface area contributed by atoms with Gasteiger partial charge in [0, 0.05) is 17.6 Å². The predicted molar refractivity (Wildman–Crippen MR) is 110 cm³/mol. The molecule has 2 rings (SSSR count). The molecule has 29 heavy (non-hydrogen) atoms. The maximum absolute atomic E-state index is 12.6. The average molecular weight is 424 g/mol. The van der Waals surface area contributed by atoms with Gasteiger partial charge in [-0.2, -0.15) is 0 Å². The Morgan fingerprint density at radius 1 is 1.10 bits per heavy atom. The van der Waals surface area contributed by atoms with Crippen LogP contribution in [-0.4, -0.2) is 55.8 Å². The van der Waals surface area contributed by atoms with Crippen LogP contribution in [-0.2, 0) is 24.3 Å². The van der Waals surface area contributed by atoms with Crippen molar-refractivity contribution in [1.29, 1.82) is 0 Å². The summed E-state index contributed by atoms with van der Waals surface area (Å²) in [7, 11) is -3.68. The summed E-state index contributed by atoms with van der Waals surface area (Å²) in [6, 6.07) is 5.51. The van der Waals surface area contributed by atoms with Crippen LogP contribution in [0.5, 0.6) is 0 Å². The maximum atomic E-state index is 12.6. The van der Waals surface area contributed by atoms with Crippen LogP contribution in [0.15, 0.2) is 34.2 Å². The Kier molecular flexibility index (Phi) is 7.40. The van der Waals surface area contributed by atoms with Crippen molar-refractivity contribution in [2.24, 2.45) is 4.99 Å². The van der Waals surface area contributed by atoms with Gasteiger partial charge in [-0.25, -0.2) is 13.2 Å². The molecule has 1 heterocycles. The summed E-state index contributed by atoms with van der Waals surface area (Å²) in [6.45, 7) is 9.05. The molecule has 0 fully saturated rings. The molecule has 1 aliphatic heterocycles. The lowest BCUT2D eigenvalue weighted by molar-refractivity contribution is -0.154. The minimum Gasteiger partial charge on any atom is -0.454 e. The maximum Gasteiger partial charge on any atom is 0.331 e. The molecule has 0 saturated heterocycles. The van der Waals surface area contributed by atoms with Gasteiger partial charge in [0.1, 0.15) is 11.9 Å². The van der Waals surface area contributed by atoms with Crippen molar-refractivity contribution in [1.82, 2.24) is 9.62 Å². The number of nitrogens with one attached hydrogen (secondary N) is 1. The van der Waals surface area contributed by atoms with E-state index in [1.54, 1.807) is 23.1 Å². The van der Waals surface area contributed by atoms with Crippen LogP contribution in [0.1, 0.15) is 53.0 Å². The van der Waals surface area contributed by atoms with Crippen LogP contribution in [0.4, 0.5) is 0 Å². The van der Waals surface area contributed by atoms with Gasteiger partial charge in [-0.05, 0) is 45.7 Å². The lowest BCUT2D eigenvalue weighted by Crippen LogP contribution is -2.46. The lowest BCUT2D eigenvalue weighted by atomic mass is 10.1. The van der Waals surface area contributed by atoms with Gasteiger partial charge in [-0.15, -0.1) is 0 Å². The Morgan fingerprint density at radius 3 is 2.28 bits per heavy atom. The second-order valence-corrected chi connectivity index (χ2v) is 8.83. The third-order valence-corrected chi connectivity index (χ3v) is 6.48. The highest BCUT2D eigenvalue weighted by molar-refractivity contribution is 7.90. The highest BCUT2D eigenvalue weighted by atomic mass is 32.2. The van der Waals surface area contributed by atoms with E-state index >= 15 is 0 Å². The minimum absolute atomic E-state index is 0.0400. The number of ether oxygens (including phenoxy) is 1. The number of amidine groups is 1. The number of benzene rings is 1. The highest BCUT2D eigenvalue weighted by Gasteiger charge is 2.31. The van der Waals surface area contributed by atoms with Gasteiger partial charge >= 0.3 is 5.97 Å². The van der Waals surface area contributed by atoms with Crippen LogP contribution in [0.3, 0.4) is 0 Å². The third kappa shape index (κ3) is 5.14. The topological polar surface area (TPSA) is 105 Å². The smallest absolute Gasteiger partial charge is 0.331 e. The summed E-state index contributed by atoms with van der Waals surface area (Å²) < 4.78 is 31.8. The molecule has 9 heteroatoms. The summed E-state index contributed by atoms with van der Waals surface area (Å²) in [5, 5.41) is 0. The zero-order valence-electron chi connectivity index (χ0n) is 17.5. The first-order chi connectivity index (χ1) is 13.6. The lowest BCUT2D eigenvalue weighted by Gasteiger charge is -2.33. The van der Waals surface area contributed by atoms with E-state index in [0.29, 0.717) is 5.56 Å². The molecule has 0 saturated carbocycles. The first kappa shape index (κ1) is 22.9. The first-order valence-electron chi connectivity index (χ1n) is 9.80. The molecule has 160 valence electrons. The van der Waals surface area contributed by atoms with Crippen molar-refractivity contribution < 1.29 is 22.7 Å². The highest BCUT2D eigenvalue weighted by Crippen LogP contribution is 2.22. The Morgan fingerprint density at radius 2 is 1.69 bits per heavy atom. The van der Waals surface area contributed by atoms with Gasteiger partial charge in [0.2, 0.25) is 0 Å². The molecule has 0 spiro atoms. The standard InChI is InChI=1S/C20H29N3O5S/c1-6-13(3)23(14(4)7-2)18(24)12-28-20(25)15(5)21-19-16-10-8-9-11-17(16)29(26,27)22-19/h8-11,13-15H,6-7,12H2,1-5H3,(H,21,22)/t13-,14-,15+/m1/s1. The van der Waals surface area contributed by atoms with Gasteiger partial charge in [0.05, 0.1) is 4.90 Å². The summed E-state index contributed by atoms with van der Waals surface area (Å²) in [6.07, 6.45) is 1.60. The van der Waals surface area contributed by atoms with Crippen molar-refractivity contribution in [3.8, 4) is 0 Å². The molecule has 3 atom stereocenters. The molecule has 0 aliphatic carbocycles. The molecule has 0 unspecified atom stereocenters. The Balaban J connectivity index is 2.06. The van der Waals surface area contributed by atoms with Crippen molar-refractivity contribution in [2.75, 3.05) is 6.61 Å². The van der Waals surface area contributed by atoms with E-state index in [4.69, 9.17) is 4.74 Å². The number of rotatable bonds is 8. The molecule has 8 nitrogen and oxygen atoms in total. The predicted octanol–water partition coefficient (Wildman–Crippen LogP) is 2.08. The second-order valence-electron chi connectivity index (χ2n) is 7.18. The fourth-order valence-electron chi connectivity index (χ4n) is 3.12. The zero-order valence-corrected chi connectivity index (χ0v) is 18.3. The molecular weight excluding hydrogens is 394 g/mol. The Labute approximate surface area is 172 Å². The number of amides is 1. The molecule has 1 aromatic rings. The molecular formula is C20H29N3O5S. The third-order valence-electron chi connectivity index (χ3n) is 5.08. The van der Waals surface area contributed by atoms with Gasteiger partial charge in [0.15, 0.2) is 6.61 Å². The Bertz CT molecular complexity index is 887. The number of carbonyl (C=O) groups is 2. The van der Waals surface area contributed by atoms with Crippen molar-refractivity contribution in [2.45, 2.75) is 70.5 Å². The molecule has 1 aromatic carbocycles. The van der Waals surface area contributed by atoms with E-state index in [9.17, 15) is 18.0 Å². The monoisotopic (exact) mass is 423 g/mol. The van der Waals surface area contributed by atoms with E-state index in [1.165, 1.54) is 13.0 Å². The fraction of sp³-hybridized carbons (Fsp3) is 0.550. The number of fused-ring (bicyclic) bond motifs is 1. The van der Waals surface area contributed by atoms with E-state index in [-0.39, 0.29) is 35.3 Å². The quantitative estimate of drug-likeness (QED) is 0.645. The number of sulfonamides is 1. The van der Waals surface area contributed by atoms with E-state index in [2.05, 4.69) is 9.71 Å². The number of aliphatic imine (C=N–C) groups is 1. The van der Waals surface area contributed by atoms with Gasteiger partial charge in [-0.1, -0.05) is 26.0 Å². The van der Waals surface area contributed by atoms with Crippen LogP contribution in [0, 0.1) is 0 Å². The van der Waals surface area contributed by atoms with Crippen molar-refractivity contribution in [3.05, 3.63) is 29.8 Å². The molecule has 0 radical (unpaired) electrons. The van der Waals surface area contributed by atoms with Crippen LogP contribution in [0.25, 0.3) is 0 Å². The summed E-state index contributed by atoms with van der Waals surface area (Å²) >= 11 is 0. The van der Waals surface area contributed by atoms with Crippen molar-refractivity contribution in [3.63, 3.8) is 0 Å². The average Bonchev–Trinajstić information content (AvgIpc) is 2.96. The molecule has 0 aromatic heterocycles. The second kappa shape index (κ2) is 9.39. The molecule has 1 amide bonds. The SMILES string of the molecule is CC[C@@H](C)N(C(=O)COC(=O)[C@H](C)N=C1NS(=O)(=O)c2ccccc21)[C@H](C)CC. The van der Waals surface area contributed by atoms with E-state index in [1.807, 2.05) is 27.7 Å². The summed E-state index contributed by atoms with van der Waals surface area (Å²) in [5.74, 6) is -0.853. The van der Waals surface area contributed by atoms with Crippen LogP contribution >= 0.6 is 0 Å². The molecule has 0 bridgehead atoms. The number of nitrogens with zero attached hydrogens (tertiary/aromatic N) is 2. The molecule has 1 N–H and O–H groups in total. The minimum atomic E-state index is -3.68. The largest absolute Gasteiger partial charge is 0.454 e. The van der Waals surface area contributed by atoms with Gasteiger partial charge < -0.3 is 9.64 Å². The summed E-state index contributed by atoms with van der Waals surface area (Å²) in [4.78, 5) is 30.9. The normalized spacial score (nSPS) is 19.0. The Hall–Kier alpha value is -2.42. The van der Waals surface area contributed by atoms with E-state index in [0.717, 1.165) is 12.8 Å². The number of esters is 1. The number of hydrogen-bond acceptors (Lipinski definition) is 6.